The fourth-order valence-electron chi connectivity index (χ4n) is 0.269. The van der Waals surface area contributed by atoms with Crippen molar-refractivity contribution in [1.82, 2.24) is 10.2 Å². The lowest BCUT2D eigenvalue weighted by Crippen LogP contribution is -1.89. The molecule has 41 valence electrons. The number of nitrogens with zero attached hydrogens (tertiary/aromatic N) is 2. The minimum absolute atomic E-state index is 0.780. The minimum atomic E-state index is -0.897. The van der Waals surface area contributed by atoms with Crippen LogP contribution in [0.25, 0.3) is 0 Å². The Balaban J connectivity index is 3.03. The molecule has 1 heterocycles. The Hall–Kier alpha value is -1.06. The van der Waals surface area contributed by atoms with E-state index in [0.29, 0.717) is 0 Å². The van der Waals surface area contributed by atoms with E-state index in [1.807, 2.05) is 6.07 Å². The molecule has 4 heteroatoms. The second kappa shape index (κ2) is 1.81. The van der Waals surface area contributed by atoms with Crippen LogP contribution in [-0.4, -0.2) is 10.2 Å². The van der Waals surface area contributed by atoms with Crippen molar-refractivity contribution in [3.63, 3.8) is 0 Å². The van der Waals surface area contributed by atoms with Crippen molar-refractivity contribution in [1.29, 1.82) is 0 Å². The van der Waals surface area contributed by atoms with E-state index in [4.69, 9.17) is 0 Å². The molecule has 0 N–H and O–H groups in total. The third kappa shape index (κ3) is 0.959. The van der Waals surface area contributed by atoms with Crippen LogP contribution in [-0.2, 0) is 0 Å². The van der Waals surface area contributed by atoms with Gasteiger partial charge < -0.3 is 0 Å². The molecule has 0 atom stereocenters. The average Bonchev–Trinajstić information content (AvgIpc) is 1.77. The maximum atomic E-state index is 11.7. The topological polar surface area (TPSA) is 25.8 Å². The van der Waals surface area contributed by atoms with E-state index in [1.165, 1.54) is 0 Å². The van der Waals surface area contributed by atoms with Crippen molar-refractivity contribution < 1.29 is 8.78 Å². The summed E-state index contributed by atoms with van der Waals surface area (Å²) in [5.74, 6) is -1.72. The fraction of sp³-hybridized carbons (Fsp3) is 0. The first kappa shape index (κ1) is 5.08. The first-order valence-corrected chi connectivity index (χ1v) is 1.85. The standard InChI is InChI=1S/C4HF2N2/c5-3-1-2-4(6)8-7-3/h1H. The molecule has 0 amide bonds. The third-order valence-electron chi connectivity index (χ3n) is 0.544. The van der Waals surface area contributed by atoms with Gasteiger partial charge in [0.15, 0.2) is 0 Å². The molecular formula is C4HF2N2. The highest BCUT2D eigenvalue weighted by Gasteiger charge is 1.91. The van der Waals surface area contributed by atoms with Crippen LogP contribution in [0.2, 0.25) is 0 Å². The average molecular weight is 115 g/mol. The zero-order valence-electron chi connectivity index (χ0n) is 3.73. The zero-order chi connectivity index (χ0) is 5.98. The normalized spacial score (nSPS) is 9.25. The smallest absolute Gasteiger partial charge is 0.183 e. The van der Waals surface area contributed by atoms with Crippen molar-refractivity contribution in [3.8, 4) is 0 Å². The van der Waals surface area contributed by atoms with Gasteiger partial charge in [-0.1, -0.05) is 0 Å². The van der Waals surface area contributed by atoms with E-state index in [0.717, 1.165) is 6.07 Å². The molecule has 0 aliphatic rings. The van der Waals surface area contributed by atoms with Crippen molar-refractivity contribution in [2.75, 3.05) is 0 Å². The summed E-state index contributed by atoms with van der Waals surface area (Å²) in [4.78, 5) is 0. The SMILES string of the molecule is Fc1[c]cc(F)nn1. The molecule has 1 aromatic heterocycles. The lowest BCUT2D eigenvalue weighted by atomic mass is 10.6. The Morgan fingerprint density at radius 3 is 2.50 bits per heavy atom. The summed E-state index contributed by atoms with van der Waals surface area (Å²) in [6.07, 6.45) is 0. The number of hydrogen-bond acceptors (Lipinski definition) is 2. The van der Waals surface area contributed by atoms with Crippen LogP contribution in [0.4, 0.5) is 8.78 Å². The van der Waals surface area contributed by atoms with E-state index < -0.39 is 11.9 Å². The monoisotopic (exact) mass is 115 g/mol. The highest BCUT2D eigenvalue weighted by molar-refractivity contribution is 4.83. The molecule has 0 saturated heterocycles. The van der Waals surface area contributed by atoms with Crippen LogP contribution in [0.15, 0.2) is 6.07 Å². The second-order valence-electron chi connectivity index (χ2n) is 1.10. The molecule has 0 aromatic carbocycles. The molecule has 1 aromatic rings. The van der Waals surface area contributed by atoms with Crippen LogP contribution in [0, 0.1) is 18.0 Å². The van der Waals surface area contributed by atoms with Gasteiger partial charge in [0, 0.05) is 12.1 Å². The summed E-state index contributed by atoms with van der Waals surface area (Å²) in [5, 5.41) is 5.49. The summed E-state index contributed by atoms with van der Waals surface area (Å²) in [6.45, 7) is 0. The molecule has 2 nitrogen and oxygen atoms in total. The number of halogens is 2. The maximum Gasteiger partial charge on any atom is 0.241 e. The molecule has 0 bridgehead atoms. The van der Waals surface area contributed by atoms with Crippen LogP contribution in [0.1, 0.15) is 0 Å². The summed E-state index contributed by atoms with van der Waals surface area (Å²) in [7, 11) is 0. The summed E-state index contributed by atoms with van der Waals surface area (Å²) in [5.41, 5.74) is 0. The molecule has 8 heavy (non-hydrogen) atoms. The Morgan fingerprint density at radius 2 is 2.12 bits per heavy atom. The molecule has 1 rings (SSSR count). The second-order valence-corrected chi connectivity index (χ2v) is 1.10. The molecule has 0 aliphatic carbocycles. The van der Waals surface area contributed by atoms with Crippen LogP contribution < -0.4 is 0 Å². The summed E-state index contributed by atoms with van der Waals surface area (Å²) >= 11 is 0. The van der Waals surface area contributed by atoms with Gasteiger partial charge in [0.25, 0.3) is 0 Å². The largest absolute Gasteiger partial charge is 0.241 e. The molecule has 0 saturated carbocycles. The van der Waals surface area contributed by atoms with Crippen molar-refractivity contribution in [2.45, 2.75) is 0 Å². The van der Waals surface area contributed by atoms with E-state index in [-0.39, 0.29) is 0 Å². The maximum absolute atomic E-state index is 11.7. The highest BCUT2D eigenvalue weighted by Crippen LogP contribution is 1.88. The van der Waals surface area contributed by atoms with Gasteiger partial charge >= 0.3 is 0 Å². The quantitative estimate of drug-likeness (QED) is 0.493. The van der Waals surface area contributed by atoms with Gasteiger partial charge in [-0.2, -0.15) is 8.78 Å². The predicted octanol–water partition coefficient (Wildman–Crippen LogP) is 0.555. The van der Waals surface area contributed by atoms with E-state index >= 15 is 0 Å². The van der Waals surface area contributed by atoms with Gasteiger partial charge in [-0.25, -0.2) is 0 Å². The van der Waals surface area contributed by atoms with Gasteiger partial charge in [0.05, 0.1) is 0 Å². The van der Waals surface area contributed by atoms with Crippen molar-refractivity contribution >= 4 is 0 Å². The minimum Gasteiger partial charge on any atom is -0.183 e. The summed E-state index contributed by atoms with van der Waals surface area (Å²) < 4.78 is 23.4. The zero-order valence-corrected chi connectivity index (χ0v) is 3.73. The van der Waals surface area contributed by atoms with Crippen molar-refractivity contribution in [2.24, 2.45) is 0 Å². The lowest BCUT2D eigenvalue weighted by Gasteiger charge is -1.80. The van der Waals surface area contributed by atoms with Crippen LogP contribution in [0.3, 0.4) is 0 Å². The Bertz CT molecular complexity index is 151. The van der Waals surface area contributed by atoms with Crippen LogP contribution >= 0.6 is 0 Å². The Kier molecular flexibility index (Phi) is 1.15. The third-order valence-corrected chi connectivity index (χ3v) is 0.544. The van der Waals surface area contributed by atoms with Gasteiger partial charge in [0.2, 0.25) is 11.9 Å². The Labute approximate surface area is 44.2 Å². The molecule has 1 radical (unpaired) electrons. The fourth-order valence-corrected chi connectivity index (χ4v) is 0.269. The molecule has 0 fully saturated rings. The Morgan fingerprint density at radius 1 is 1.38 bits per heavy atom. The molecular weight excluding hydrogens is 114 g/mol. The van der Waals surface area contributed by atoms with Gasteiger partial charge in [-0.3, -0.25) is 0 Å². The molecule has 0 aliphatic heterocycles. The van der Waals surface area contributed by atoms with E-state index in [9.17, 15) is 8.78 Å². The predicted molar refractivity (Wildman–Crippen MR) is 20.8 cm³/mol. The number of hydrogen-bond donors (Lipinski definition) is 0. The van der Waals surface area contributed by atoms with Gasteiger partial charge in [-0.15, -0.1) is 10.2 Å². The summed E-state index contributed by atoms with van der Waals surface area (Å²) in [6, 6.07) is 2.66. The van der Waals surface area contributed by atoms with Crippen LogP contribution in [0.5, 0.6) is 0 Å². The number of aromatic nitrogens is 2. The first-order valence-electron chi connectivity index (χ1n) is 1.85. The molecule has 0 unspecified atom stereocenters. The lowest BCUT2D eigenvalue weighted by molar-refractivity contribution is 0.505. The van der Waals surface area contributed by atoms with Gasteiger partial charge in [-0.05, 0) is 0 Å². The molecule has 0 spiro atoms. The first-order chi connectivity index (χ1) is 3.79. The van der Waals surface area contributed by atoms with E-state index in [2.05, 4.69) is 10.2 Å². The highest BCUT2D eigenvalue weighted by atomic mass is 19.1. The van der Waals surface area contributed by atoms with Gasteiger partial charge in [0.1, 0.15) is 0 Å². The van der Waals surface area contributed by atoms with E-state index in [1.54, 1.807) is 0 Å². The number of rotatable bonds is 0. The van der Waals surface area contributed by atoms with Crippen molar-refractivity contribution in [3.05, 3.63) is 24.0 Å².